The Morgan fingerprint density at radius 2 is 2.23 bits per heavy atom. The Hall–Kier alpha value is -1.16. The van der Waals surface area contributed by atoms with E-state index < -0.39 is 10.8 Å². The molecule has 3 nitrogen and oxygen atoms in total. The maximum Gasteiger partial charge on any atom is 0.338 e. The van der Waals surface area contributed by atoms with Crippen molar-refractivity contribution in [1.82, 2.24) is 0 Å². The number of fused-ring (bicyclic) bond motifs is 1. The molecule has 68 valence electrons. The Bertz CT molecular complexity index is 398. The molecule has 0 radical (unpaired) electrons. The number of benzene rings is 1. The molecule has 1 aromatic rings. The zero-order chi connectivity index (χ0) is 9.42. The minimum Gasteiger partial charge on any atom is -0.457 e. The van der Waals surface area contributed by atoms with Crippen LogP contribution in [-0.4, -0.2) is 16.4 Å². The summed E-state index contributed by atoms with van der Waals surface area (Å²) in [4.78, 5) is 11.8. The van der Waals surface area contributed by atoms with Crippen LogP contribution in [0.4, 0.5) is 0 Å². The molecule has 1 aromatic carbocycles. The molecule has 0 aromatic heterocycles. The van der Waals surface area contributed by atoms with Crippen molar-refractivity contribution in [1.29, 1.82) is 0 Å². The lowest BCUT2D eigenvalue weighted by Crippen LogP contribution is -1.96. The van der Waals surface area contributed by atoms with Gasteiger partial charge in [-0.1, -0.05) is 6.07 Å². The Kier molecular flexibility index (Phi) is 1.92. The molecule has 0 saturated carbocycles. The zero-order valence-corrected chi connectivity index (χ0v) is 7.89. The van der Waals surface area contributed by atoms with E-state index in [1.165, 1.54) is 0 Å². The molecule has 0 bridgehead atoms. The molecule has 1 heterocycles. The van der Waals surface area contributed by atoms with Crippen LogP contribution >= 0.6 is 0 Å². The Labute approximate surface area is 78.2 Å². The minimum absolute atomic E-state index is 0.317. The molecule has 0 saturated heterocycles. The highest BCUT2D eigenvalue weighted by Crippen LogP contribution is 2.21. The van der Waals surface area contributed by atoms with E-state index in [1.807, 2.05) is 0 Å². The van der Waals surface area contributed by atoms with Gasteiger partial charge in [0, 0.05) is 27.5 Å². The molecular weight excluding hydrogens is 188 g/mol. The van der Waals surface area contributed by atoms with E-state index in [2.05, 4.69) is 0 Å². The van der Waals surface area contributed by atoms with Crippen LogP contribution < -0.4 is 0 Å². The van der Waals surface area contributed by atoms with Crippen molar-refractivity contribution in [2.24, 2.45) is 0 Å². The second-order valence-corrected chi connectivity index (χ2v) is 4.23. The summed E-state index contributed by atoms with van der Waals surface area (Å²) in [5, 5.41) is 0. The van der Waals surface area contributed by atoms with Crippen molar-refractivity contribution in [3.8, 4) is 0 Å². The number of hydrogen-bond donors (Lipinski definition) is 0. The largest absolute Gasteiger partial charge is 0.457 e. The first kappa shape index (κ1) is 8.44. The van der Waals surface area contributed by atoms with Gasteiger partial charge in [0.2, 0.25) is 0 Å². The molecule has 13 heavy (non-hydrogen) atoms. The summed E-state index contributed by atoms with van der Waals surface area (Å²) in [7, 11) is -1.04. The van der Waals surface area contributed by atoms with Gasteiger partial charge >= 0.3 is 5.97 Å². The van der Waals surface area contributed by atoms with Gasteiger partial charge in [0.15, 0.2) is 0 Å². The third kappa shape index (κ3) is 1.37. The smallest absolute Gasteiger partial charge is 0.338 e. The van der Waals surface area contributed by atoms with Crippen molar-refractivity contribution in [2.45, 2.75) is 11.5 Å². The van der Waals surface area contributed by atoms with Crippen molar-refractivity contribution >= 4 is 16.8 Å². The summed E-state index contributed by atoms with van der Waals surface area (Å²) in [6, 6.07) is 5.19. The van der Waals surface area contributed by atoms with Crippen molar-refractivity contribution < 1.29 is 13.7 Å². The van der Waals surface area contributed by atoms with Gasteiger partial charge in [-0.25, -0.2) is 4.79 Å². The van der Waals surface area contributed by atoms with Gasteiger partial charge in [-0.15, -0.1) is 0 Å². The van der Waals surface area contributed by atoms with Gasteiger partial charge in [0.1, 0.15) is 6.61 Å². The standard InChI is InChI=1S/C9H8O3S/c1-13(11)7-3-2-6-5-12-9(10)8(6)4-7/h2-4H,5H2,1H3. The van der Waals surface area contributed by atoms with Gasteiger partial charge in [0.05, 0.1) is 5.56 Å². The fourth-order valence-electron chi connectivity index (χ4n) is 1.27. The normalized spacial score (nSPS) is 16.5. The molecular formula is C9H8O3S. The van der Waals surface area contributed by atoms with E-state index in [1.54, 1.807) is 24.5 Å². The molecule has 2 rings (SSSR count). The van der Waals surface area contributed by atoms with Gasteiger partial charge < -0.3 is 4.74 Å². The van der Waals surface area contributed by atoms with Crippen LogP contribution in [0.1, 0.15) is 15.9 Å². The fourth-order valence-corrected chi connectivity index (χ4v) is 1.81. The highest BCUT2D eigenvalue weighted by atomic mass is 32.2. The Balaban J connectivity index is 2.54. The SMILES string of the molecule is CS(=O)c1ccc2c(c1)C(=O)OC2. The first-order valence-electron chi connectivity index (χ1n) is 3.82. The summed E-state index contributed by atoms with van der Waals surface area (Å²) in [6.07, 6.45) is 1.59. The van der Waals surface area contributed by atoms with E-state index >= 15 is 0 Å². The molecule has 1 atom stereocenters. The minimum atomic E-state index is -1.04. The van der Waals surface area contributed by atoms with Crippen molar-refractivity contribution in [2.75, 3.05) is 6.26 Å². The first-order chi connectivity index (χ1) is 6.18. The van der Waals surface area contributed by atoms with E-state index in [-0.39, 0.29) is 5.97 Å². The van der Waals surface area contributed by atoms with Crippen molar-refractivity contribution in [3.05, 3.63) is 29.3 Å². The average Bonchev–Trinajstić information content (AvgIpc) is 2.47. The molecule has 1 aliphatic rings. The van der Waals surface area contributed by atoms with Crippen LogP contribution in [0.2, 0.25) is 0 Å². The van der Waals surface area contributed by atoms with Crippen LogP contribution in [0.25, 0.3) is 0 Å². The molecule has 0 N–H and O–H groups in total. The third-order valence-corrected chi connectivity index (χ3v) is 2.91. The number of esters is 1. The Morgan fingerprint density at radius 1 is 1.46 bits per heavy atom. The summed E-state index contributed by atoms with van der Waals surface area (Å²) in [5.41, 5.74) is 1.42. The predicted molar refractivity (Wildman–Crippen MR) is 47.9 cm³/mol. The molecule has 0 amide bonds. The summed E-state index contributed by atoms with van der Waals surface area (Å²) >= 11 is 0. The van der Waals surface area contributed by atoms with E-state index in [4.69, 9.17) is 4.74 Å². The monoisotopic (exact) mass is 196 g/mol. The van der Waals surface area contributed by atoms with Crippen LogP contribution in [0.15, 0.2) is 23.1 Å². The lowest BCUT2D eigenvalue weighted by Gasteiger charge is -1.97. The first-order valence-corrected chi connectivity index (χ1v) is 5.38. The highest BCUT2D eigenvalue weighted by molar-refractivity contribution is 7.84. The third-order valence-electron chi connectivity index (χ3n) is 1.99. The number of hydrogen-bond acceptors (Lipinski definition) is 3. The zero-order valence-electron chi connectivity index (χ0n) is 7.07. The van der Waals surface area contributed by atoms with Gasteiger partial charge in [-0.05, 0) is 12.1 Å². The maximum atomic E-state index is 11.1. The van der Waals surface area contributed by atoms with Crippen LogP contribution in [0.5, 0.6) is 0 Å². The highest BCUT2D eigenvalue weighted by Gasteiger charge is 2.21. The van der Waals surface area contributed by atoms with E-state index in [0.717, 1.165) is 5.56 Å². The molecule has 4 heteroatoms. The molecule has 1 aliphatic heterocycles. The second kappa shape index (κ2) is 2.96. The fraction of sp³-hybridized carbons (Fsp3) is 0.222. The van der Waals surface area contributed by atoms with Gasteiger partial charge in [-0.3, -0.25) is 4.21 Å². The summed E-state index contributed by atoms with van der Waals surface area (Å²) < 4.78 is 15.9. The quantitative estimate of drug-likeness (QED) is 0.631. The van der Waals surface area contributed by atoms with Crippen LogP contribution in [0, 0.1) is 0 Å². The number of ether oxygens (including phenoxy) is 1. The second-order valence-electron chi connectivity index (χ2n) is 2.85. The van der Waals surface area contributed by atoms with E-state index in [0.29, 0.717) is 17.1 Å². The van der Waals surface area contributed by atoms with Crippen LogP contribution in [-0.2, 0) is 22.1 Å². The van der Waals surface area contributed by atoms with Crippen molar-refractivity contribution in [3.63, 3.8) is 0 Å². The maximum absolute atomic E-state index is 11.1. The predicted octanol–water partition coefficient (Wildman–Crippen LogP) is 1.09. The van der Waals surface area contributed by atoms with Gasteiger partial charge in [-0.2, -0.15) is 0 Å². The molecule has 0 fully saturated rings. The lowest BCUT2D eigenvalue weighted by atomic mass is 10.1. The van der Waals surface area contributed by atoms with Gasteiger partial charge in [0.25, 0.3) is 0 Å². The summed E-state index contributed by atoms with van der Waals surface area (Å²) in [5.74, 6) is -0.317. The van der Waals surface area contributed by atoms with E-state index in [9.17, 15) is 9.00 Å². The number of carbonyl (C=O) groups is 1. The topological polar surface area (TPSA) is 43.4 Å². The lowest BCUT2D eigenvalue weighted by molar-refractivity contribution is 0.0535. The number of rotatable bonds is 1. The summed E-state index contributed by atoms with van der Waals surface area (Å²) in [6.45, 7) is 0.338. The Morgan fingerprint density at radius 3 is 2.92 bits per heavy atom. The molecule has 1 unspecified atom stereocenters. The number of cyclic esters (lactones) is 1. The molecule has 0 spiro atoms. The average molecular weight is 196 g/mol. The van der Waals surface area contributed by atoms with Crippen LogP contribution in [0.3, 0.4) is 0 Å². The molecule has 0 aliphatic carbocycles. The number of carbonyl (C=O) groups excluding carboxylic acids is 1.